The lowest BCUT2D eigenvalue weighted by Crippen LogP contribution is -2.54. The van der Waals surface area contributed by atoms with Crippen LogP contribution in [0.5, 0.6) is 5.88 Å². The van der Waals surface area contributed by atoms with Crippen molar-refractivity contribution < 1.29 is 28.2 Å². The monoisotopic (exact) mass is 583 g/mol. The average Bonchev–Trinajstić information content (AvgIpc) is 3.67. The molecule has 228 valence electrons. The van der Waals surface area contributed by atoms with Gasteiger partial charge in [0.25, 0.3) is 0 Å². The van der Waals surface area contributed by atoms with Crippen molar-refractivity contribution in [3.8, 4) is 17.1 Å². The van der Waals surface area contributed by atoms with E-state index in [1.807, 2.05) is 37.3 Å². The predicted molar refractivity (Wildman–Crippen MR) is 153 cm³/mol. The summed E-state index contributed by atoms with van der Waals surface area (Å²) in [6.07, 6.45) is 5.30. The van der Waals surface area contributed by atoms with Gasteiger partial charge in [0, 0.05) is 49.3 Å². The maximum absolute atomic E-state index is 14.4. The number of carbonyl (C=O) groups excluding carboxylic acids is 2. The Morgan fingerprint density at radius 1 is 1.12 bits per heavy atom. The second-order valence-corrected chi connectivity index (χ2v) is 14.0. The molecular weight excluding hydrogens is 541 g/mol. The van der Waals surface area contributed by atoms with Crippen LogP contribution in [-0.4, -0.2) is 74.1 Å². The number of hydrogen-bond donors (Lipinski definition) is 0. The number of piperidine rings is 2. The Morgan fingerprint density at radius 3 is 2.48 bits per heavy atom. The Hall–Kier alpha value is -3.37. The maximum Gasteiger partial charge on any atom is 0.410 e. The summed E-state index contributed by atoms with van der Waals surface area (Å²) in [6, 6.07) is 1.45. The van der Waals surface area contributed by atoms with Crippen LogP contribution in [-0.2, 0) is 15.1 Å². The van der Waals surface area contributed by atoms with Gasteiger partial charge in [-0.15, -0.1) is 0 Å². The third-order valence-corrected chi connectivity index (χ3v) is 9.05. The summed E-state index contributed by atoms with van der Waals surface area (Å²) in [5.74, 6) is 0.414. The molecule has 0 radical (unpaired) electrons. The molecule has 11 heteroatoms. The molecule has 2 amide bonds. The van der Waals surface area contributed by atoms with Crippen molar-refractivity contribution in [1.82, 2.24) is 24.6 Å². The first kappa shape index (κ1) is 28.7. The highest BCUT2D eigenvalue weighted by Gasteiger charge is 2.49. The summed E-state index contributed by atoms with van der Waals surface area (Å²) < 4.78 is 34.3. The Bertz CT molecular complexity index is 1390. The van der Waals surface area contributed by atoms with Crippen molar-refractivity contribution in [3.05, 3.63) is 29.3 Å². The minimum atomic E-state index is -0.741. The molecule has 42 heavy (non-hydrogen) atoms. The van der Waals surface area contributed by atoms with E-state index in [1.54, 1.807) is 4.90 Å². The van der Waals surface area contributed by atoms with Gasteiger partial charge in [-0.2, -0.15) is 5.10 Å². The van der Waals surface area contributed by atoms with E-state index in [-0.39, 0.29) is 18.2 Å². The number of hydrogen-bond acceptors (Lipinski definition) is 7. The van der Waals surface area contributed by atoms with Gasteiger partial charge in [-0.3, -0.25) is 4.68 Å². The molecule has 3 fully saturated rings. The standard InChI is InChI=1S/C31H42FN5O5/c1-19-24-25(34-37(19)22-9-12-36(30(5,6)16-22)28(39)42-29(2,3)4)23-15-21(32)17-33-26(23)41-31(24)10-13-35(14-11-31)27(38)40-18-20-7-8-20/h15,17,20,22H,7-14,16,18H2,1-6H3. The molecule has 1 atom stereocenters. The molecule has 0 aromatic carbocycles. The van der Waals surface area contributed by atoms with Crippen LogP contribution in [0.1, 0.15) is 90.4 Å². The maximum atomic E-state index is 14.4. The van der Waals surface area contributed by atoms with Gasteiger partial charge in [-0.25, -0.2) is 19.0 Å². The number of fused-ring (bicyclic) bond motifs is 4. The molecule has 4 aliphatic rings. The second kappa shape index (κ2) is 10.1. The summed E-state index contributed by atoms with van der Waals surface area (Å²) in [4.78, 5) is 33.6. The van der Waals surface area contributed by atoms with Crippen LogP contribution < -0.4 is 4.74 Å². The lowest BCUT2D eigenvalue weighted by Gasteiger charge is -2.46. The van der Waals surface area contributed by atoms with E-state index in [2.05, 4.69) is 18.8 Å². The molecule has 1 spiro atoms. The predicted octanol–water partition coefficient (Wildman–Crippen LogP) is 5.97. The number of carbonyl (C=O) groups is 2. The molecule has 1 aliphatic carbocycles. The molecule has 0 bridgehead atoms. The van der Waals surface area contributed by atoms with E-state index in [1.165, 1.54) is 12.3 Å². The molecule has 2 saturated heterocycles. The molecule has 5 heterocycles. The average molecular weight is 584 g/mol. The van der Waals surface area contributed by atoms with Crippen LogP contribution in [0.15, 0.2) is 12.3 Å². The first-order valence-corrected chi connectivity index (χ1v) is 15.1. The molecule has 0 N–H and O–H groups in total. The molecule has 2 aromatic heterocycles. The number of halogens is 1. The van der Waals surface area contributed by atoms with Gasteiger partial charge in [-0.1, -0.05) is 0 Å². The van der Waals surface area contributed by atoms with E-state index >= 15 is 0 Å². The van der Waals surface area contributed by atoms with Gasteiger partial charge in [0.2, 0.25) is 5.88 Å². The van der Waals surface area contributed by atoms with E-state index in [4.69, 9.17) is 19.3 Å². The first-order chi connectivity index (χ1) is 19.8. The SMILES string of the molecule is Cc1c2c(nn1C1CCN(C(=O)OC(C)(C)C)C(C)(C)C1)-c1cc(F)cnc1OC21CCN(C(=O)OCC2CC2)CC1. The van der Waals surface area contributed by atoms with Crippen LogP contribution >= 0.6 is 0 Å². The number of ether oxygens (including phenoxy) is 3. The number of pyridine rings is 1. The van der Waals surface area contributed by atoms with Gasteiger partial charge in [0.05, 0.1) is 24.4 Å². The van der Waals surface area contributed by atoms with Gasteiger partial charge in [0.15, 0.2) is 0 Å². The van der Waals surface area contributed by atoms with Gasteiger partial charge in [-0.05, 0) is 79.2 Å². The van der Waals surface area contributed by atoms with Crippen LogP contribution in [0.2, 0.25) is 0 Å². The van der Waals surface area contributed by atoms with Gasteiger partial charge in [0.1, 0.15) is 22.7 Å². The number of nitrogens with zero attached hydrogens (tertiary/aromatic N) is 5. The lowest BCUT2D eigenvalue weighted by atomic mass is 9.80. The highest BCUT2D eigenvalue weighted by molar-refractivity contribution is 5.73. The minimum Gasteiger partial charge on any atom is -0.465 e. The van der Waals surface area contributed by atoms with Crippen LogP contribution in [0.4, 0.5) is 14.0 Å². The summed E-state index contributed by atoms with van der Waals surface area (Å²) in [5.41, 5.74) is 1.32. The zero-order chi connectivity index (χ0) is 30.0. The molecule has 10 nitrogen and oxygen atoms in total. The third-order valence-electron chi connectivity index (χ3n) is 9.05. The minimum absolute atomic E-state index is 0.0174. The fraction of sp³-hybridized carbons (Fsp3) is 0.677. The van der Waals surface area contributed by atoms with E-state index < -0.39 is 22.6 Å². The molecule has 6 rings (SSSR count). The molecule has 1 saturated carbocycles. The van der Waals surface area contributed by atoms with Crippen LogP contribution in [0.25, 0.3) is 11.3 Å². The fourth-order valence-corrected chi connectivity index (χ4v) is 6.72. The quantitative estimate of drug-likeness (QED) is 0.439. The summed E-state index contributed by atoms with van der Waals surface area (Å²) in [5, 5.41) is 5.10. The Labute approximate surface area is 246 Å². The number of amides is 2. The van der Waals surface area contributed by atoms with Crippen molar-refractivity contribution in [2.24, 2.45) is 5.92 Å². The molecule has 1 unspecified atom stereocenters. The summed E-state index contributed by atoms with van der Waals surface area (Å²) in [6.45, 7) is 13.7. The largest absolute Gasteiger partial charge is 0.465 e. The first-order valence-electron chi connectivity index (χ1n) is 15.1. The van der Waals surface area contributed by atoms with Crippen molar-refractivity contribution in [3.63, 3.8) is 0 Å². The van der Waals surface area contributed by atoms with Crippen molar-refractivity contribution in [2.45, 2.75) is 103 Å². The fourth-order valence-electron chi connectivity index (χ4n) is 6.72. The van der Waals surface area contributed by atoms with Crippen LogP contribution in [0.3, 0.4) is 0 Å². The summed E-state index contributed by atoms with van der Waals surface area (Å²) in [7, 11) is 0. The molecular formula is C31H42FN5O5. The zero-order valence-electron chi connectivity index (χ0n) is 25.5. The van der Waals surface area contributed by atoms with E-state index in [9.17, 15) is 14.0 Å². The number of likely N-dealkylation sites (tertiary alicyclic amines) is 2. The molecule has 3 aliphatic heterocycles. The van der Waals surface area contributed by atoms with Gasteiger partial charge >= 0.3 is 12.2 Å². The zero-order valence-corrected chi connectivity index (χ0v) is 25.5. The number of aromatic nitrogens is 3. The lowest BCUT2D eigenvalue weighted by molar-refractivity contribution is -0.0146. The van der Waals surface area contributed by atoms with Gasteiger partial charge < -0.3 is 24.0 Å². The van der Waals surface area contributed by atoms with E-state index in [0.29, 0.717) is 75.0 Å². The number of rotatable bonds is 3. The highest BCUT2D eigenvalue weighted by Crippen LogP contribution is 2.51. The third kappa shape index (κ3) is 5.30. The van der Waals surface area contributed by atoms with Crippen molar-refractivity contribution in [2.75, 3.05) is 26.2 Å². The van der Waals surface area contributed by atoms with Crippen molar-refractivity contribution >= 4 is 12.2 Å². The van der Waals surface area contributed by atoms with Crippen LogP contribution in [0, 0.1) is 18.7 Å². The Morgan fingerprint density at radius 2 is 1.83 bits per heavy atom. The molecule has 2 aromatic rings. The Balaban J connectivity index is 1.29. The normalized spacial score (nSPS) is 22.7. The highest BCUT2D eigenvalue weighted by atomic mass is 19.1. The smallest absolute Gasteiger partial charge is 0.410 e. The topological polar surface area (TPSA) is 99.0 Å². The summed E-state index contributed by atoms with van der Waals surface area (Å²) >= 11 is 0. The second-order valence-electron chi connectivity index (χ2n) is 14.0. The Kier molecular flexibility index (Phi) is 6.92. The van der Waals surface area contributed by atoms with Crippen molar-refractivity contribution in [1.29, 1.82) is 0 Å². The van der Waals surface area contributed by atoms with E-state index in [0.717, 1.165) is 24.1 Å².